The number of rotatable bonds is 11. The van der Waals surface area contributed by atoms with Crippen molar-refractivity contribution >= 4 is 30.1 Å². The fourth-order valence-corrected chi connectivity index (χ4v) is 9.79. The van der Waals surface area contributed by atoms with Crippen LogP contribution in [0, 0.1) is 11.3 Å². The van der Waals surface area contributed by atoms with Crippen molar-refractivity contribution in [1.82, 2.24) is 10.2 Å². The maximum absolute atomic E-state index is 14.7. The van der Waals surface area contributed by atoms with Crippen molar-refractivity contribution < 1.29 is 76.8 Å². The first kappa shape index (κ1) is 47.3. The first-order valence-electron chi connectivity index (χ1n) is 20.8. The third kappa shape index (κ3) is 8.37. The standard InChI is InChI=1S/C45H60N2O16/c1-21(2)16-27(46-40(52)63-42(6,7)8)33(49)39(51)58-29-19-44(54)23(4)32(22(29)3)34(60-41(53)47(10)11)36-43(9)30(59-36)18-31-45(20-57-31,62-24(5)48)35(43)37(44)61-38(50)26-17-25(55-12)14-15-28(26)56-13/h14-17,27,29-31,33-37,49,54H,4,18-20H2,1-3,5-13H3,(H,46,52)/t27-,29-,30+,31+,33+,34+,35-,36-,37-,43+,44-,45-/m0/s1. The predicted octanol–water partition coefficient (Wildman–Crippen LogP) is 3.94. The molecule has 3 aliphatic carbocycles. The highest BCUT2D eigenvalue weighted by atomic mass is 16.6. The maximum Gasteiger partial charge on any atom is 0.409 e. The molecule has 18 nitrogen and oxygen atoms in total. The highest BCUT2D eigenvalue weighted by molar-refractivity contribution is 5.93. The summed E-state index contributed by atoms with van der Waals surface area (Å²) in [6.07, 6.45) is -9.33. The van der Waals surface area contributed by atoms with Gasteiger partial charge in [0.15, 0.2) is 17.8 Å². The van der Waals surface area contributed by atoms with Gasteiger partial charge in [-0.2, -0.15) is 0 Å². The zero-order chi connectivity index (χ0) is 46.7. The van der Waals surface area contributed by atoms with Crippen LogP contribution >= 0.6 is 0 Å². The van der Waals surface area contributed by atoms with E-state index in [9.17, 15) is 34.2 Å². The minimum Gasteiger partial charge on any atom is -0.497 e. The van der Waals surface area contributed by atoms with Crippen LogP contribution in [0.1, 0.15) is 78.6 Å². The van der Waals surface area contributed by atoms with Crippen molar-refractivity contribution in [3.63, 3.8) is 0 Å². The van der Waals surface area contributed by atoms with Crippen LogP contribution < -0.4 is 14.8 Å². The Morgan fingerprint density at radius 2 is 1.71 bits per heavy atom. The van der Waals surface area contributed by atoms with E-state index in [0.717, 1.165) is 0 Å². The normalized spacial score (nSPS) is 32.5. The van der Waals surface area contributed by atoms with Crippen LogP contribution in [0.15, 0.2) is 53.1 Å². The molecule has 3 N–H and O–H groups in total. The number of amides is 2. The van der Waals surface area contributed by atoms with Gasteiger partial charge >= 0.3 is 30.1 Å². The Morgan fingerprint density at radius 3 is 2.27 bits per heavy atom. The number of hydrogen-bond donors (Lipinski definition) is 3. The second-order valence-corrected chi connectivity index (χ2v) is 18.6. The number of hydrogen-bond acceptors (Lipinski definition) is 16. The van der Waals surface area contributed by atoms with E-state index < -0.39 is 113 Å². The van der Waals surface area contributed by atoms with Gasteiger partial charge in [0.25, 0.3) is 0 Å². The Hall–Kier alpha value is -5.17. The van der Waals surface area contributed by atoms with Crippen molar-refractivity contribution in [3.05, 3.63) is 58.7 Å². The van der Waals surface area contributed by atoms with Gasteiger partial charge in [0, 0.05) is 44.8 Å². The third-order valence-corrected chi connectivity index (χ3v) is 12.7. The molecular weight excluding hydrogens is 824 g/mol. The number of carbonyl (C=O) groups is 5. The second kappa shape index (κ2) is 17.1. The average Bonchev–Trinajstić information content (AvgIpc) is 3.18. The van der Waals surface area contributed by atoms with Crippen LogP contribution in [0.2, 0.25) is 0 Å². The summed E-state index contributed by atoms with van der Waals surface area (Å²) >= 11 is 0. The molecule has 5 aliphatic rings. The summed E-state index contributed by atoms with van der Waals surface area (Å²) in [4.78, 5) is 69.6. The molecule has 1 aromatic rings. The molecule has 0 radical (unpaired) electrons. The fraction of sp³-hybridized carbons (Fsp3) is 0.622. The molecule has 346 valence electrons. The molecule has 0 aromatic heterocycles. The molecular formula is C45H60N2O16. The summed E-state index contributed by atoms with van der Waals surface area (Å²) in [6.45, 7) is 17.3. The number of aliphatic hydroxyl groups is 2. The van der Waals surface area contributed by atoms with Gasteiger partial charge in [-0.25, -0.2) is 19.2 Å². The lowest BCUT2D eigenvalue weighted by atomic mass is 9.45. The zero-order valence-corrected chi connectivity index (χ0v) is 37.9. The number of aliphatic hydroxyl groups excluding tert-OH is 1. The number of fused-ring (bicyclic) bond motifs is 4. The van der Waals surface area contributed by atoms with Crippen molar-refractivity contribution in [1.29, 1.82) is 0 Å². The number of methoxy groups -OCH3 is 2. The number of ether oxygens (including phenoxy) is 9. The van der Waals surface area contributed by atoms with Gasteiger partial charge in [-0.3, -0.25) is 4.79 Å². The van der Waals surface area contributed by atoms with E-state index in [-0.39, 0.29) is 41.1 Å². The lowest BCUT2D eigenvalue weighted by Crippen LogP contribution is -2.85. The number of allylic oxidation sites excluding steroid dienone is 1. The molecule has 6 rings (SSSR count). The smallest absolute Gasteiger partial charge is 0.409 e. The molecule has 2 aliphatic heterocycles. The number of carbonyl (C=O) groups excluding carboxylic acids is 5. The number of alkyl carbamates (subject to hydrolysis) is 1. The van der Waals surface area contributed by atoms with E-state index in [1.165, 1.54) is 58.3 Å². The van der Waals surface area contributed by atoms with E-state index in [4.69, 9.17) is 42.6 Å². The van der Waals surface area contributed by atoms with E-state index in [1.807, 2.05) is 6.92 Å². The number of nitrogens with one attached hydrogen (secondary N) is 1. The SMILES string of the molecule is C=C1C2=C(C)[C@@H](OC(=O)[C@H](O)[C@H](C=C(C)C)NC(=O)OC(C)(C)C)C[C@@]1(O)[C@@H](OC(=O)c1cc(OC)ccc1OC)[C@@H]1[C@]3(OC(C)=O)CO[C@@H]3C[C@H]3O[C@@H]([C@@H]2OC(=O)N(C)C)[C@@]13C. The highest BCUT2D eigenvalue weighted by Crippen LogP contribution is 2.68. The minimum absolute atomic E-state index is 0.0525. The van der Waals surface area contributed by atoms with E-state index in [1.54, 1.807) is 47.6 Å². The molecule has 2 amide bonds. The van der Waals surface area contributed by atoms with Crippen LogP contribution in [-0.2, 0) is 42.7 Å². The van der Waals surface area contributed by atoms with E-state index >= 15 is 0 Å². The summed E-state index contributed by atoms with van der Waals surface area (Å²) < 4.78 is 54.0. The number of benzene rings is 1. The molecule has 0 spiro atoms. The summed E-state index contributed by atoms with van der Waals surface area (Å²) in [7, 11) is 5.77. The molecule has 1 aromatic carbocycles. The summed E-state index contributed by atoms with van der Waals surface area (Å²) in [5.41, 5.74) is -5.02. The third-order valence-electron chi connectivity index (χ3n) is 12.7. The molecule has 2 saturated heterocycles. The average molecular weight is 885 g/mol. The van der Waals surface area contributed by atoms with Crippen molar-refractivity contribution in [2.24, 2.45) is 11.3 Å². The fourth-order valence-electron chi connectivity index (χ4n) is 9.79. The summed E-state index contributed by atoms with van der Waals surface area (Å²) in [5.74, 6) is -3.55. The maximum atomic E-state index is 14.7. The minimum atomic E-state index is -2.38. The molecule has 2 saturated carbocycles. The Bertz CT molecular complexity index is 2100. The molecule has 18 heteroatoms. The lowest BCUT2D eigenvalue weighted by Gasteiger charge is -2.72. The summed E-state index contributed by atoms with van der Waals surface area (Å²) in [6, 6.07) is 3.19. The topological polar surface area (TPSA) is 224 Å². The van der Waals surface area contributed by atoms with Crippen LogP contribution in [0.3, 0.4) is 0 Å². The lowest BCUT2D eigenvalue weighted by molar-refractivity contribution is -0.409. The number of esters is 3. The van der Waals surface area contributed by atoms with Gasteiger partial charge < -0.3 is 63.1 Å². The first-order chi connectivity index (χ1) is 29.3. The van der Waals surface area contributed by atoms with Crippen LogP contribution in [0.25, 0.3) is 0 Å². The van der Waals surface area contributed by atoms with Crippen molar-refractivity contribution in [2.75, 3.05) is 34.9 Å². The molecule has 2 bridgehead atoms. The highest BCUT2D eigenvalue weighted by Gasteiger charge is 2.80. The Morgan fingerprint density at radius 1 is 1.03 bits per heavy atom. The van der Waals surface area contributed by atoms with Crippen molar-refractivity contribution in [2.45, 2.75) is 134 Å². The monoisotopic (exact) mass is 884 g/mol. The van der Waals surface area contributed by atoms with Crippen LogP contribution in [-0.4, -0.2) is 146 Å². The summed E-state index contributed by atoms with van der Waals surface area (Å²) in [5, 5.41) is 27.6. The first-order valence-corrected chi connectivity index (χ1v) is 20.8. The number of nitrogens with zero attached hydrogens (tertiary/aromatic N) is 1. The Balaban J connectivity index is 1.53. The zero-order valence-electron chi connectivity index (χ0n) is 37.9. The largest absolute Gasteiger partial charge is 0.497 e. The van der Waals surface area contributed by atoms with Crippen LogP contribution in [0.5, 0.6) is 11.5 Å². The quantitative estimate of drug-likeness (QED) is 0.163. The van der Waals surface area contributed by atoms with Gasteiger partial charge in [-0.15, -0.1) is 0 Å². The Labute approximate surface area is 366 Å². The molecule has 63 heavy (non-hydrogen) atoms. The van der Waals surface area contributed by atoms with Gasteiger partial charge in [-0.1, -0.05) is 25.2 Å². The Kier molecular flexibility index (Phi) is 12.8. The van der Waals surface area contributed by atoms with Crippen molar-refractivity contribution in [3.8, 4) is 11.5 Å². The van der Waals surface area contributed by atoms with Gasteiger partial charge in [-0.05, 0) is 70.9 Å². The molecule has 0 unspecified atom stereocenters. The molecule has 2 heterocycles. The van der Waals surface area contributed by atoms with E-state index in [2.05, 4.69) is 11.9 Å². The van der Waals surface area contributed by atoms with E-state index in [0.29, 0.717) is 11.3 Å². The van der Waals surface area contributed by atoms with Crippen LogP contribution in [0.4, 0.5) is 9.59 Å². The second-order valence-electron chi connectivity index (χ2n) is 18.6. The van der Waals surface area contributed by atoms with Gasteiger partial charge in [0.1, 0.15) is 52.7 Å². The van der Waals surface area contributed by atoms with Gasteiger partial charge in [0.2, 0.25) is 0 Å². The van der Waals surface area contributed by atoms with Gasteiger partial charge in [0.05, 0.1) is 38.9 Å². The molecule has 4 fully saturated rings. The molecule has 12 atom stereocenters. The predicted molar refractivity (Wildman–Crippen MR) is 222 cm³/mol.